The topological polar surface area (TPSA) is 117 Å². The Morgan fingerprint density at radius 2 is 1.64 bits per heavy atom. The smallest absolute Gasteiger partial charge is 0.302 e. The molecule has 0 atom stereocenters. The molecule has 1 aliphatic heterocycles. The van der Waals surface area contributed by atoms with Crippen LogP contribution in [0.3, 0.4) is 0 Å². The Labute approximate surface area is 262 Å². The molecule has 4 rings (SSSR count). The summed E-state index contributed by atoms with van der Waals surface area (Å²) in [6.45, 7) is 19.0. The lowest BCUT2D eigenvalue weighted by Gasteiger charge is -2.18. The third-order valence-corrected chi connectivity index (χ3v) is 5.59. The van der Waals surface area contributed by atoms with E-state index >= 15 is 0 Å². The van der Waals surface area contributed by atoms with E-state index in [1.54, 1.807) is 4.57 Å². The first-order valence-corrected chi connectivity index (χ1v) is 14.8. The number of aryl methyl sites for hydroxylation is 1. The second-order valence-corrected chi connectivity index (χ2v) is 10.6. The summed E-state index contributed by atoms with van der Waals surface area (Å²) in [5.74, 6) is -0.718. The number of hydrogen-bond donors (Lipinski definition) is 1. The summed E-state index contributed by atoms with van der Waals surface area (Å²) in [5.41, 5.74) is 4.52. The highest BCUT2D eigenvalue weighted by atomic mass is 16.5. The fourth-order valence-electron chi connectivity index (χ4n) is 3.74. The number of carbonyl (C=O) groups is 3. The monoisotopic (exact) mass is 607 g/mol. The Hall–Kier alpha value is -4.29. The van der Waals surface area contributed by atoms with Crippen LogP contribution in [0.4, 0.5) is 0 Å². The Balaban J connectivity index is 0.000000788. The van der Waals surface area contributed by atoms with Crippen LogP contribution in [0.25, 0.3) is 22.3 Å². The number of amides is 1. The summed E-state index contributed by atoms with van der Waals surface area (Å²) < 4.78 is 11.9. The van der Waals surface area contributed by atoms with Gasteiger partial charge >= 0.3 is 5.97 Å². The maximum Gasteiger partial charge on any atom is 0.302 e. The van der Waals surface area contributed by atoms with Crippen molar-refractivity contribution in [3.8, 4) is 24.2 Å². The summed E-state index contributed by atoms with van der Waals surface area (Å²) in [4.78, 5) is 50.1. The molecule has 0 spiro atoms. The third-order valence-electron chi connectivity index (χ3n) is 5.59. The van der Waals surface area contributed by atoms with E-state index < -0.39 is 5.97 Å². The number of terminal acetylenes is 1. The molecule has 1 amide bonds. The van der Waals surface area contributed by atoms with Crippen LogP contribution < -0.4 is 10.9 Å². The number of benzene rings is 1. The largest absolute Gasteiger partial charge is 0.461 e. The second-order valence-electron chi connectivity index (χ2n) is 10.6. The number of nitrogens with one attached hydrogen (secondary N) is 1. The van der Waals surface area contributed by atoms with E-state index in [4.69, 9.17) is 14.5 Å². The standard InChI is InChI=1S/C19H16N2O3.C9H17NO3.C3H8.C2H6.C2H2/c1-11-7-17-18-14(8-13-5-3-4-6-16(13)20-18)9-21(17)19(23)15(11)10-24-12(2)22;1-7(11)5-10-8(12)6-13-9(2,3)4;1-3-2;2*1-2/h3-8H,9-10H2,1-2H3;5-6H2,1-4H3,(H,10,12);3H2,1-2H3;1-2H3;1-2H. The lowest BCUT2D eigenvalue weighted by Crippen LogP contribution is -2.34. The predicted octanol–water partition coefficient (Wildman–Crippen LogP) is 6.00. The van der Waals surface area contributed by atoms with Gasteiger partial charge in [-0.1, -0.05) is 52.3 Å². The van der Waals surface area contributed by atoms with Gasteiger partial charge in [0.15, 0.2) is 0 Å². The number of esters is 1. The van der Waals surface area contributed by atoms with Crippen LogP contribution in [-0.2, 0) is 37.0 Å². The van der Waals surface area contributed by atoms with Gasteiger partial charge < -0.3 is 19.4 Å². The second kappa shape index (κ2) is 19.8. The summed E-state index contributed by atoms with van der Waals surface area (Å²) in [7, 11) is 0. The molecule has 1 aliphatic rings. The highest BCUT2D eigenvalue weighted by molar-refractivity contribution is 5.85. The maximum absolute atomic E-state index is 12.8. The molecule has 3 aromatic rings. The van der Waals surface area contributed by atoms with Gasteiger partial charge in [0, 0.05) is 17.9 Å². The lowest BCUT2D eigenvalue weighted by atomic mass is 10.1. The molecule has 0 aliphatic carbocycles. The van der Waals surface area contributed by atoms with Gasteiger partial charge in [-0.2, -0.15) is 0 Å². The number of aromatic nitrogens is 2. The van der Waals surface area contributed by atoms with Crippen LogP contribution in [-0.4, -0.2) is 46.0 Å². The van der Waals surface area contributed by atoms with Crippen molar-refractivity contribution in [1.82, 2.24) is 14.9 Å². The molecular formula is C35H49N3O6. The van der Waals surface area contributed by atoms with E-state index in [9.17, 15) is 19.2 Å². The van der Waals surface area contributed by atoms with Crippen molar-refractivity contribution in [1.29, 1.82) is 0 Å². The third kappa shape index (κ3) is 12.9. The SMILES string of the molecule is C#C.CC.CC(=O)CNC(=O)COC(C)(C)C.CC(=O)OCc1c(C)cc2n(c1=O)Cc1cc3ccccc3nc1-2.CCC. The van der Waals surface area contributed by atoms with Gasteiger partial charge in [0.1, 0.15) is 19.0 Å². The van der Waals surface area contributed by atoms with E-state index in [1.165, 1.54) is 20.3 Å². The molecule has 9 heteroatoms. The highest BCUT2D eigenvalue weighted by Gasteiger charge is 2.24. The zero-order chi connectivity index (χ0) is 34.0. The van der Waals surface area contributed by atoms with Crippen LogP contribution in [0.15, 0.2) is 41.2 Å². The number of nitrogens with zero attached hydrogens (tertiary/aromatic N) is 2. The normalized spacial score (nSPS) is 10.5. The van der Waals surface area contributed by atoms with Crippen molar-refractivity contribution in [3.63, 3.8) is 0 Å². The molecule has 0 saturated heterocycles. The molecule has 9 nitrogen and oxygen atoms in total. The number of Topliss-reactive ketones (excluding diaryl/α,β-unsaturated/α-hetero) is 1. The Morgan fingerprint density at radius 3 is 2.18 bits per heavy atom. The molecule has 0 radical (unpaired) electrons. The van der Waals surface area contributed by atoms with Crippen molar-refractivity contribution in [2.45, 2.75) is 94.4 Å². The molecular weight excluding hydrogens is 558 g/mol. The minimum absolute atomic E-state index is 0.00319. The molecule has 1 N–H and O–H groups in total. The Bertz CT molecular complexity index is 1470. The molecule has 44 heavy (non-hydrogen) atoms. The van der Waals surface area contributed by atoms with Crippen molar-refractivity contribution in [2.24, 2.45) is 0 Å². The summed E-state index contributed by atoms with van der Waals surface area (Å²) >= 11 is 0. The molecule has 1 aromatic carbocycles. The molecule has 0 fully saturated rings. The van der Waals surface area contributed by atoms with Gasteiger partial charge in [-0.25, -0.2) is 4.98 Å². The van der Waals surface area contributed by atoms with Crippen molar-refractivity contribution in [3.05, 3.63) is 63.4 Å². The lowest BCUT2D eigenvalue weighted by molar-refractivity contribution is -0.142. The minimum atomic E-state index is -0.393. The average Bonchev–Trinajstić information content (AvgIpc) is 3.33. The molecule has 3 heterocycles. The number of ether oxygens (including phenoxy) is 2. The zero-order valence-corrected chi connectivity index (χ0v) is 28.0. The Morgan fingerprint density at radius 1 is 1.05 bits per heavy atom. The van der Waals surface area contributed by atoms with Crippen LogP contribution in [0.1, 0.15) is 85.4 Å². The maximum atomic E-state index is 12.8. The number of para-hydroxylation sites is 1. The van der Waals surface area contributed by atoms with Crippen molar-refractivity contribution in [2.75, 3.05) is 13.2 Å². The predicted molar refractivity (Wildman–Crippen MR) is 177 cm³/mol. The van der Waals surface area contributed by atoms with Gasteiger partial charge in [-0.05, 0) is 58.4 Å². The molecule has 0 saturated carbocycles. The highest BCUT2D eigenvalue weighted by Crippen LogP contribution is 2.32. The van der Waals surface area contributed by atoms with E-state index in [-0.39, 0.29) is 42.6 Å². The van der Waals surface area contributed by atoms with Gasteiger partial charge in [0.25, 0.3) is 5.56 Å². The van der Waals surface area contributed by atoms with Crippen LogP contribution >= 0.6 is 0 Å². The van der Waals surface area contributed by atoms with Crippen LogP contribution in [0.5, 0.6) is 0 Å². The Kier molecular flexibility index (Phi) is 17.9. The quantitative estimate of drug-likeness (QED) is 0.211. The van der Waals surface area contributed by atoms with Crippen LogP contribution in [0, 0.1) is 19.8 Å². The first kappa shape index (κ1) is 39.7. The first-order chi connectivity index (χ1) is 20.8. The van der Waals surface area contributed by atoms with Crippen LogP contribution in [0.2, 0.25) is 0 Å². The number of ketones is 1. The van der Waals surface area contributed by atoms with E-state index in [0.717, 1.165) is 33.4 Å². The summed E-state index contributed by atoms with van der Waals surface area (Å²) in [6.07, 6.45) is 9.25. The van der Waals surface area contributed by atoms with Gasteiger partial charge in [-0.15, -0.1) is 12.8 Å². The fraction of sp³-hybridized carbons (Fsp3) is 0.457. The number of hydrogen-bond acceptors (Lipinski definition) is 7. The number of carbonyl (C=O) groups excluding carboxylic acids is 3. The number of fused-ring (bicyclic) bond motifs is 4. The van der Waals surface area contributed by atoms with Gasteiger partial charge in [0.2, 0.25) is 5.91 Å². The minimum Gasteiger partial charge on any atom is -0.461 e. The zero-order valence-electron chi connectivity index (χ0n) is 28.0. The van der Waals surface area contributed by atoms with Crippen molar-refractivity contribution < 1.29 is 23.9 Å². The molecule has 240 valence electrons. The number of rotatable bonds is 6. The molecule has 0 unspecified atom stereocenters. The van der Waals surface area contributed by atoms with Gasteiger partial charge in [0.05, 0.1) is 41.2 Å². The van der Waals surface area contributed by atoms with E-state index in [1.807, 2.05) is 71.9 Å². The van der Waals surface area contributed by atoms with E-state index in [2.05, 4.69) is 38.1 Å². The fourth-order valence-corrected chi connectivity index (χ4v) is 3.74. The summed E-state index contributed by atoms with van der Waals surface area (Å²) in [5, 5.41) is 3.51. The van der Waals surface area contributed by atoms with Gasteiger partial charge in [-0.3, -0.25) is 19.2 Å². The average molecular weight is 608 g/mol. The molecule has 2 aromatic heterocycles. The van der Waals surface area contributed by atoms with E-state index in [0.29, 0.717) is 12.1 Å². The molecule has 0 bridgehead atoms. The van der Waals surface area contributed by atoms with Crippen molar-refractivity contribution >= 4 is 28.6 Å². The number of pyridine rings is 2. The first-order valence-electron chi connectivity index (χ1n) is 14.8. The summed E-state index contributed by atoms with van der Waals surface area (Å²) in [6, 6.07) is 12.0.